The Morgan fingerprint density at radius 1 is 1.06 bits per heavy atom. The van der Waals surface area contributed by atoms with E-state index < -0.39 is 28.5 Å². The van der Waals surface area contributed by atoms with E-state index in [1.165, 1.54) is 36.7 Å². The molecule has 0 aliphatic carbocycles. The SMILES string of the molecule is COc1ccc(NC(=O)COC(=O)c2cc(S(=O)(=O)N3CCOCC3)ccc2C)c(OC)c1. The summed E-state index contributed by atoms with van der Waals surface area (Å²) in [4.78, 5) is 24.9. The number of morpholine rings is 1. The Morgan fingerprint density at radius 2 is 1.79 bits per heavy atom. The quantitative estimate of drug-likeness (QED) is 0.571. The molecule has 33 heavy (non-hydrogen) atoms. The largest absolute Gasteiger partial charge is 0.497 e. The lowest BCUT2D eigenvalue weighted by Gasteiger charge is -2.26. The van der Waals surface area contributed by atoms with Crippen molar-refractivity contribution in [1.82, 2.24) is 4.31 Å². The molecule has 1 N–H and O–H groups in total. The number of rotatable bonds is 8. The third-order valence-electron chi connectivity index (χ3n) is 5.05. The first kappa shape index (κ1) is 24.5. The minimum absolute atomic E-state index is 0.0191. The van der Waals surface area contributed by atoms with Gasteiger partial charge >= 0.3 is 5.97 Å². The molecule has 0 bridgehead atoms. The van der Waals surface area contributed by atoms with E-state index in [0.717, 1.165) is 0 Å². The van der Waals surface area contributed by atoms with E-state index in [9.17, 15) is 18.0 Å². The highest BCUT2D eigenvalue weighted by Gasteiger charge is 2.27. The number of anilines is 1. The standard InChI is InChI=1S/C22H26N2O8S/c1-15-4-6-17(33(27,28)24-8-10-31-11-9-24)13-18(15)22(26)32-14-21(25)23-19-7-5-16(29-2)12-20(19)30-3/h4-7,12-13H,8-11,14H2,1-3H3,(H,23,25). The van der Waals surface area contributed by atoms with Crippen LogP contribution in [0.5, 0.6) is 11.5 Å². The average molecular weight is 479 g/mol. The maximum atomic E-state index is 12.9. The van der Waals surface area contributed by atoms with Crippen LogP contribution in [0.2, 0.25) is 0 Å². The van der Waals surface area contributed by atoms with Crippen LogP contribution in [-0.4, -0.2) is 71.7 Å². The number of aryl methyl sites for hydroxylation is 1. The fraction of sp³-hybridized carbons (Fsp3) is 0.364. The van der Waals surface area contributed by atoms with Gasteiger partial charge in [-0.2, -0.15) is 4.31 Å². The van der Waals surface area contributed by atoms with Crippen molar-refractivity contribution in [2.75, 3.05) is 52.4 Å². The van der Waals surface area contributed by atoms with E-state index in [-0.39, 0.29) is 23.5 Å². The molecule has 1 fully saturated rings. The van der Waals surface area contributed by atoms with Gasteiger partial charge in [-0.1, -0.05) is 6.07 Å². The summed E-state index contributed by atoms with van der Waals surface area (Å²) in [5.41, 5.74) is 0.978. The van der Waals surface area contributed by atoms with Crippen LogP contribution in [-0.2, 0) is 24.3 Å². The number of sulfonamides is 1. The van der Waals surface area contributed by atoms with E-state index in [0.29, 0.717) is 36.0 Å². The molecule has 2 aromatic carbocycles. The molecule has 1 amide bonds. The van der Waals surface area contributed by atoms with Gasteiger partial charge in [0, 0.05) is 19.2 Å². The molecule has 1 aliphatic heterocycles. The van der Waals surface area contributed by atoms with E-state index in [1.807, 2.05) is 0 Å². The van der Waals surface area contributed by atoms with Gasteiger partial charge in [-0.25, -0.2) is 13.2 Å². The van der Waals surface area contributed by atoms with Crippen LogP contribution in [0.15, 0.2) is 41.3 Å². The number of ether oxygens (including phenoxy) is 4. The van der Waals surface area contributed by atoms with Crippen LogP contribution in [0.3, 0.4) is 0 Å². The summed E-state index contributed by atoms with van der Waals surface area (Å²) in [6.45, 7) is 2.20. The van der Waals surface area contributed by atoms with Gasteiger partial charge in [0.2, 0.25) is 10.0 Å². The molecule has 10 nitrogen and oxygen atoms in total. The number of methoxy groups -OCH3 is 2. The van der Waals surface area contributed by atoms with Gasteiger partial charge in [0.15, 0.2) is 6.61 Å². The van der Waals surface area contributed by atoms with Crippen molar-refractivity contribution in [1.29, 1.82) is 0 Å². The Bertz CT molecular complexity index is 1130. The maximum Gasteiger partial charge on any atom is 0.338 e. The predicted molar refractivity (Wildman–Crippen MR) is 119 cm³/mol. The number of benzene rings is 2. The fourth-order valence-corrected chi connectivity index (χ4v) is 4.65. The van der Waals surface area contributed by atoms with Gasteiger partial charge in [0.1, 0.15) is 11.5 Å². The molecule has 0 unspecified atom stereocenters. The predicted octanol–water partition coefficient (Wildman–Crippen LogP) is 1.83. The normalized spacial score (nSPS) is 14.4. The topological polar surface area (TPSA) is 120 Å². The first-order chi connectivity index (χ1) is 15.8. The number of carbonyl (C=O) groups excluding carboxylic acids is 2. The minimum atomic E-state index is -3.78. The lowest BCUT2D eigenvalue weighted by atomic mass is 10.1. The summed E-state index contributed by atoms with van der Waals surface area (Å²) in [5, 5.41) is 2.60. The zero-order valence-corrected chi connectivity index (χ0v) is 19.4. The van der Waals surface area contributed by atoms with Crippen molar-refractivity contribution in [2.45, 2.75) is 11.8 Å². The van der Waals surface area contributed by atoms with Crippen LogP contribution >= 0.6 is 0 Å². The van der Waals surface area contributed by atoms with E-state index in [2.05, 4.69) is 5.32 Å². The Hall–Kier alpha value is -3.15. The maximum absolute atomic E-state index is 12.9. The Kier molecular flexibility index (Phi) is 7.90. The minimum Gasteiger partial charge on any atom is -0.497 e. The van der Waals surface area contributed by atoms with Gasteiger partial charge in [-0.3, -0.25) is 4.79 Å². The average Bonchev–Trinajstić information content (AvgIpc) is 2.83. The molecule has 178 valence electrons. The second-order valence-corrected chi connectivity index (χ2v) is 9.12. The fourth-order valence-electron chi connectivity index (χ4n) is 3.21. The highest BCUT2D eigenvalue weighted by molar-refractivity contribution is 7.89. The van der Waals surface area contributed by atoms with Crippen molar-refractivity contribution in [2.24, 2.45) is 0 Å². The lowest BCUT2D eigenvalue weighted by molar-refractivity contribution is -0.119. The molecule has 3 rings (SSSR count). The lowest BCUT2D eigenvalue weighted by Crippen LogP contribution is -2.40. The van der Waals surface area contributed by atoms with Crippen LogP contribution in [0, 0.1) is 6.92 Å². The van der Waals surface area contributed by atoms with Gasteiger partial charge in [-0.05, 0) is 36.8 Å². The Labute approximate surface area is 192 Å². The number of hydrogen-bond acceptors (Lipinski definition) is 8. The number of carbonyl (C=O) groups is 2. The monoisotopic (exact) mass is 478 g/mol. The summed E-state index contributed by atoms with van der Waals surface area (Å²) in [5.74, 6) is -0.450. The first-order valence-electron chi connectivity index (χ1n) is 10.1. The molecule has 11 heteroatoms. The van der Waals surface area contributed by atoms with Crippen molar-refractivity contribution in [3.63, 3.8) is 0 Å². The summed E-state index contributed by atoms with van der Waals surface area (Å²) in [6.07, 6.45) is 0. The van der Waals surface area contributed by atoms with E-state index >= 15 is 0 Å². The summed E-state index contributed by atoms with van der Waals surface area (Å²) in [6, 6.07) is 9.10. The second kappa shape index (κ2) is 10.6. The number of nitrogens with zero attached hydrogens (tertiary/aromatic N) is 1. The van der Waals surface area contributed by atoms with Crippen LogP contribution in [0.25, 0.3) is 0 Å². The molecule has 0 radical (unpaired) electrons. The third kappa shape index (κ3) is 5.81. The molecule has 0 atom stereocenters. The molecule has 0 spiro atoms. The molecular formula is C22H26N2O8S. The number of hydrogen-bond donors (Lipinski definition) is 1. The van der Waals surface area contributed by atoms with Gasteiger partial charge in [0.25, 0.3) is 5.91 Å². The highest BCUT2D eigenvalue weighted by atomic mass is 32.2. The Balaban J connectivity index is 1.68. The van der Waals surface area contributed by atoms with Crippen molar-refractivity contribution < 1.29 is 37.0 Å². The highest BCUT2D eigenvalue weighted by Crippen LogP contribution is 2.29. The molecule has 1 aliphatic rings. The van der Waals surface area contributed by atoms with E-state index in [1.54, 1.807) is 25.1 Å². The van der Waals surface area contributed by atoms with E-state index in [4.69, 9.17) is 18.9 Å². The summed E-state index contributed by atoms with van der Waals surface area (Å²) >= 11 is 0. The molecular weight excluding hydrogens is 452 g/mol. The van der Waals surface area contributed by atoms with Gasteiger partial charge < -0.3 is 24.3 Å². The molecule has 2 aromatic rings. The van der Waals surface area contributed by atoms with Gasteiger partial charge in [-0.15, -0.1) is 0 Å². The number of esters is 1. The van der Waals surface area contributed by atoms with Crippen molar-refractivity contribution >= 4 is 27.6 Å². The number of nitrogens with one attached hydrogen (secondary N) is 1. The van der Waals surface area contributed by atoms with Crippen LogP contribution in [0.4, 0.5) is 5.69 Å². The van der Waals surface area contributed by atoms with Crippen LogP contribution < -0.4 is 14.8 Å². The summed E-state index contributed by atoms with van der Waals surface area (Å²) in [7, 11) is -0.819. The zero-order valence-electron chi connectivity index (χ0n) is 18.6. The number of amides is 1. The second-order valence-electron chi connectivity index (χ2n) is 7.18. The van der Waals surface area contributed by atoms with Crippen molar-refractivity contribution in [3.05, 3.63) is 47.5 Å². The molecule has 1 saturated heterocycles. The third-order valence-corrected chi connectivity index (χ3v) is 6.95. The zero-order chi connectivity index (χ0) is 24.0. The van der Waals surface area contributed by atoms with Crippen LogP contribution in [0.1, 0.15) is 15.9 Å². The first-order valence-corrected chi connectivity index (χ1v) is 11.6. The smallest absolute Gasteiger partial charge is 0.338 e. The molecule has 0 saturated carbocycles. The Morgan fingerprint density at radius 3 is 2.45 bits per heavy atom. The molecule has 0 aromatic heterocycles. The van der Waals surface area contributed by atoms with Gasteiger partial charge in [0.05, 0.1) is 43.6 Å². The molecule has 1 heterocycles. The summed E-state index contributed by atoms with van der Waals surface area (Å²) < 4.78 is 47.7. The van der Waals surface area contributed by atoms with Crippen molar-refractivity contribution in [3.8, 4) is 11.5 Å².